The Bertz CT molecular complexity index is 624. The molecule has 1 fully saturated rings. The lowest BCUT2D eigenvalue weighted by Gasteiger charge is -2.33. The number of carbonyl (C=O) groups is 2. The first-order valence-corrected chi connectivity index (χ1v) is 9.31. The van der Waals surface area contributed by atoms with Gasteiger partial charge in [-0.2, -0.15) is 0 Å². The molecule has 6 heteroatoms. The number of aromatic nitrogens is 1. The average molecular weight is 345 g/mol. The van der Waals surface area contributed by atoms with E-state index in [1.807, 2.05) is 9.80 Å². The number of piperazine rings is 1. The minimum absolute atomic E-state index is 0.0615. The van der Waals surface area contributed by atoms with Crippen LogP contribution in [0.1, 0.15) is 42.6 Å². The molecule has 3 rings (SSSR count). The fourth-order valence-corrected chi connectivity index (χ4v) is 3.69. The smallest absolute Gasteiger partial charge is 0.317 e. The highest BCUT2D eigenvalue weighted by Crippen LogP contribution is 2.20. The van der Waals surface area contributed by atoms with Gasteiger partial charge in [-0.25, -0.2) is 0 Å². The maximum Gasteiger partial charge on any atom is 0.317 e. The minimum Gasteiger partial charge on any atom is -0.480 e. The molecule has 1 aliphatic heterocycles. The van der Waals surface area contributed by atoms with Gasteiger partial charge in [-0.05, 0) is 50.2 Å². The molecular weight excluding hydrogens is 318 g/mol. The Hall–Kier alpha value is -1.95. The molecule has 2 aliphatic rings. The molecule has 0 spiro atoms. The number of hydrogen-bond acceptors (Lipinski definition) is 4. The highest BCUT2D eigenvalue weighted by molar-refractivity contribution is 5.76. The summed E-state index contributed by atoms with van der Waals surface area (Å²) in [5, 5.41) is 8.81. The van der Waals surface area contributed by atoms with E-state index in [0.29, 0.717) is 32.6 Å². The Labute approximate surface area is 148 Å². The van der Waals surface area contributed by atoms with E-state index >= 15 is 0 Å². The molecule has 0 bridgehead atoms. The summed E-state index contributed by atoms with van der Waals surface area (Å²) < 4.78 is 0. The quantitative estimate of drug-likeness (QED) is 0.846. The molecule has 1 N–H and O–H groups in total. The van der Waals surface area contributed by atoms with Crippen LogP contribution in [0, 0.1) is 0 Å². The fraction of sp³-hybridized carbons (Fsp3) is 0.632. The molecule has 0 unspecified atom stereocenters. The number of rotatable bonds is 6. The molecule has 1 amide bonds. The van der Waals surface area contributed by atoms with Crippen molar-refractivity contribution in [2.45, 2.75) is 44.9 Å². The van der Waals surface area contributed by atoms with E-state index in [4.69, 9.17) is 10.1 Å². The van der Waals surface area contributed by atoms with Gasteiger partial charge in [0.15, 0.2) is 0 Å². The van der Waals surface area contributed by atoms with Gasteiger partial charge in [-0.1, -0.05) is 6.07 Å². The van der Waals surface area contributed by atoms with Crippen molar-refractivity contribution in [3.63, 3.8) is 0 Å². The van der Waals surface area contributed by atoms with Gasteiger partial charge in [0.1, 0.15) is 0 Å². The highest BCUT2D eigenvalue weighted by Gasteiger charge is 2.21. The number of carbonyl (C=O) groups excluding carboxylic acids is 1. The van der Waals surface area contributed by atoms with Crippen LogP contribution >= 0.6 is 0 Å². The van der Waals surface area contributed by atoms with Crippen molar-refractivity contribution in [2.75, 3.05) is 32.7 Å². The molecule has 0 radical (unpaired) electrons. The minimum atomic E-state index is -0.808. The summed E-state index contributed by atoms with van der Waals surface area (Å²) in [6.07, 6.45) is 6.94. The standard InChI is InChI=1S/C19H27N3O3/c23-18(22-12-10-21(11-13-22)14-19(24)25)7-3-5-16-9-8-15-4-1-2-6-17(15)20-16/h8-9H,1-7,10-14H2,(H,24,25). The Balaban J connectivity index is 1.40. The van der Waals surface area contributed by atoms with Crippen LogP contribution in [0.25, 0.3) is 0 Å². The summed E-state index contributed by atoms with van der Waals surface area (Å²) in [6.45, 7) is 2.60. The Morgan fingerprint density at radius 2 is 1.84 bits per heavy atom. The van der Waals surface area contributed by atoms with Gasteiger partial charge >= 0.3 is 5.97 Å². The van der Waals surface area contributed by atoms with Gasteiger partial charge in [0, 0.05) is 44.0 Å². The molecule has 1 saturated heterocycles. The Morgan fingerprint density at radius 3 is 2.60 bits per heavy atom. The zero-order valence-corrected chi connectivity index (χ0v) is 14.7. The zero-order valence-electron chi connectivity index (χ0n) is 14.7. The number of hydrogen-bond donors (Lipinski definition) is 1. The molecule has 1 aliphatic carbocycles. The van der Waals surface area contributed by atoms with E-state index in [9.17, 15) is 9.59 Å². The normalized spacial score (nSPS) is 18.0. The van der Waals surface area contributed by atoms with Crippen molar-refractivity contribution in [1.82, 2.24) is 14.8 Å². The predicted octanol–water partition coefficient (Wildman–Crippen LogP) is 1.51. The molecule has 136 valence electrons. The number of amides is 1. The SMILES string of the molecule is O=C(O)CN1CCN(C(=O)CCCc2ccc3c(n2)CCCC3)CC1. The first-order valence-electron chi connectivity index (χ1n) is 9.31. The van der Waals surface area contributed by atoms with Crippen molar-refractivity contribution in [3.8, 4) is 0 Å². The molecule has 1 aromatic rings. The van der Waals surface area contributed by atoms with Gasteiger partial charge in [0.05, 0.1) is 6.54 Å². The van der Waals surface area contributed by atoms with Crippen LogP contribution in [0.3, 0.4) is 0 Å². The van der Waals surface area contributed by atoms with E-state index in [0.717, 1.165) is 31.4 Å². The second-order valence-corrected chi connectivity index (χ2v) is 7.02. The lowest BCUT2D eigenvalue weighted by Crippen LogP contribution is -2.49. The summed E-state index contributed by atoms with van der Waals surface area (Å²) in [7, 11) is 0. The predicted molar refractivity (Wildman–Crippen MR) is 94.5 cm³/mol. The second-order valence-electron chi connectivity index (χ2n) is 7.02. The van der Waals surface area contributed by atoms with Crippen molar-refractivity contribution < 1.29 is 14.7 Å². The third-order valence-electron chi connectivity index (χ3n) is 5.14. The van der Waals surface area contributed by atoms with Gasteiger partial charge in [0.2, 0.25) is 5.91 Å². The Kier molecular flexibility index (Phi) is 6.02. The summed E-state index contributed by atoms with van der Waals surface area (Å²) >= 11 is 0. The third kappa shape index (κ3) is 5.01. The van der Waals surface area contributed by atoms with E-state index in [1.54, 1.807) is 0 Å². The van der Waals surface area contributed by atoms with Crippen molar-refractivity contribution in [2.24, 2.45) is 0 Å². The van der Waals surface area contributed by atoms with Crippen LogP contribution in [0.15, 0.2) is 12.1 Å². The largest absolute Gasteiger partial charge is 0.480 e. The number of aliphatic carboxylic acids is 1. The van der Waals surface area contributed by atoms with Crippen LogP contribution in [-0.2, 0) is 28.9 Å². The van der Waals surface area contributed by atoms with Gasteiger partial charge in [0.25, 0.3) is 0 Å². The van der Waals surface area contributed by atoms with Crippen LogP contribution in [0.5, 0.6) is 0 Å². The first-order chi connectivity index (χ1) is 12.1. The number of aryl methyl sites for hydroxylation is 3. The third-order valence-corrected chi connectivity index (χ3v) is 5.14. The maximum atomic E-state index is 12.3. The van der Waals surface area contributed by atoms with Crippen molar-refractivity contribution >= 4 is 11.9 Å². The first kappa shape index (κ1) is 17.9. The second kappa shape index (κ2) is 8.43. The number of fused-ring (bicyclic) bond motifs is 1. The molecule has 0 aromatic carbocycles. The van der Waals surface area contributed by atoms with E-state index in [1.165, 1.54) is 24.1 Å². The van der Waals surface area contributed by atoms with Crippen LogP contribution < -0.4 is 0 Å². The maximum absolute atomic E-state index is 12.3. The zero-order chi connectivity index (χ0) is 17.6. The molecule has 1 aromatic heterocycles. The van der Waals surface area contributed by atoms with E-state index < -0.39 is 5.97 Å². The molecule has 2 heterocycles. The number of nitrogens with zero attached hydrogens (tertiary/aromatic N) is 3. The van der Waals surface area contributed by atoms with Gasteiger partial charge in [-0.3, -0.25) is 19.5 Å². The van der Waals surface area contributed by atoms with Crippen LogP contribution in [-0.4, -0.2) is 64.5 Å². The molecule has 25 heavy (non-hydrogen) atoms. The molecule has 0 saturated carbocycles. The van der Waals surface area contributed by atoms with Crippen molar-refractivity contribution in [1.29, 1.82) is 0 Å². The number of carboxylic acid groups (broad SMARTS) is 1. The van der Waals surface area contributed by atoms with Crippen LogP contribution in [0.4, 0.5) is 0 Å². The monoisotopic (exact) mass is 345 g/mol. The molecule has 0 atom stereocenters. The van der Waals surface area contributed by atoms with Gasteiger partial charge < -0.3 is 10.0 Å². The summed E-state index contributed by atoms with van der Waals surface area (Å²) in [5.41, 5.74) is 3.75. The molecule has 6 nitrogen and oxygen atoms in total. The summed E-state index contributed by atoms with van der Waals surface area (Å²) in [6, 6.07) is 4.32. The lowest BCUT2D eigenvalue weighted by molar-refractivity contribution is -0.139. The topological polar surface area (TPSA) is 73.7 Å². The lowest BCUT2D eigenvalue weighted by atomic mass is 9.95. The number of carboxylic acids is 1. The average Bonchev–Trinajstić information content (AvgIpc) is 2.61. The summed E-state index contributed by atoms with van der Waals surface area (Å²) in [4.78, 5) is 31.6. The fourth-order valence-electron chi connectivity index (χ4n) is 3.69. The summed E-state index contributed by atoms with van der Waals surface area (Å²) in [5.74, 6) is -0.634. The van der Waals surface area contributed by atoms with E-state index in [2.05, 4.69) is 12.1 Å². The van der Waals surface area contributed by atoms with E-state index in [-0.39, 0.29) is 12.5 Å². The van der Waals surface area contributed by atoms with Gasteiger partial charge in [-0.15, -0.1) is 0 Å². The molecular formula is C19H27N3O3. The highest BCUT2D eigenvalue weighted by atomic mass is 16.4. The van der Waals surface area contributed by atoms with Crippen LogP contribution in [0.2, 0.25) is 0 Å². The number of pyridine rings is 1. The Morgan fingerprint density at radius 1 is 1.08 bits per heavy atom. The van der Waals surface area contributed by atoms with Crippen molar-refractivity contribution in [3.05, 3.63) is 29.1 Å².